The van der Waals surface area contributed by atoms with E-state index in [1.807, 2.05) is 37.3 Å². The van der Waals surface area contributed by atoms with Crippen LogP contribution in [0.4, 0.5) is 5.69 Å². The van der Waals surface area contributed by atoms with Crippen molar-refractivity contribution < 1.29 is 4.79 Å². The Labute approximate surface area is 133 Å². The lowest BCUT2D eigenvalue weighted by molar-refractivity contribution is 0.101. The van der Waals surface area contributed by atoms with Gasteiger partial charge < -0.3 is 9.88 Å². The fourth-order valence-corrected chi connectivity index (χ4v) is 3.03. The lowest BCUT2D eigenvalue weighted by atomic mass is 10.1. The summed E-state index contributed by atoms with van der Waals surface area (Å²) < 4.78 is 2.23. The Morgan fingerprint density at radius 1 is 1.09 bits per heavy atom. The van der Waals surface area contributed by atoms with Gasteiger partial charge in [-0.3, -0.25) is 4.79 Å². The van der Waals surface area contributed by atoms with Crippen LogP contribution in [0.15, 0.2) is 30.3 Å². The predicted octanol–water partition coefficient (Wildman–Crippen LogP) is 4.46. The van der Waals surface area contributed by atoms with Crippen molar-refractivity contribution >= 4 is 11.5 Å². The van der Waals surface area contributed by atoms with Crippen LogP contribution in [-0.4, -0.2) is 16.9 Å². The van der Waals surface area contributed by atoms with Crippen molar-refractivity contribution in [3.63, 3.8) is 0 Å². The van der Waals surface area contributed by atoms with E-state index in [0.717, 1.165) is 22.6 Å². The van der Waals surface area contributed by atoms with Crippen LogP contribution in [0, 0.1) is 20.8 Å². The van der Waals surface area contributed by atoms with Gasteiger partial charge in [-0.2, -0.15) is 0 Å². The first-order chi connectivity index (χ1) is 10.2. The highest BCUT2D eigenvalue weighted by Crippen LogP contribution is 2.24. The van der Waals surface area contributed by atoms with Gasteiger partial charge in [0.05, 0.1) is 6.54 Å². The van der Waals surface area contributed by atoms with Crippen molar-refractivity contribution in [3.8, 4) is 0 Å². The van der Waals surface area contributed by atoms with Gasteiger partial charge in [-0.1, -0.05) is 17.7 Å². The Balaban J connectivity index is 2.15. The molecule has 118 valence electrons. The minimum atomic E-state index is -0.0168. The van der Waals surface area contributed by atoms with E-state index >= 15 is 0 Å². The number of Topliss-reactive ketones (excluding diaryl/α,β-unsaturated/α-hetero) is 1. The third-order valence-corrected chi connectivity index (χ3v) is 3.91. The largest absolute Gasteiger partial charge is 0.378 e. The molecule has 0 aliphatic heterocycles. The van der Waals surface area contributed by atoms with Crippen molar-refractivity contribution in [2.24, 2.45) is 0 Å². The van der Waals surface area contributed by atoms with Gasteiger partial charge in [-0.25, -0.2) is 0 Å². The molecule has 2 aromatic rings. The monoisotopic (exact) mass is 298 g/mol. The molecule has 0 aliphatic carbocycles. The molecule has 3 heteroatoms. The number of rotatable bonds is 4. The summed E-state index contributed by atoms with van der Waals surface area (Å²) in [5.74, 6) is 0.129. The zero-order valence-electron chi connectivity index (χ0n) is 14.4. The van der Waals surface area contributed by atoms with E-state index in [2.05, 4.69) is 44.5 Å². The molecule has 3 nitrogen and oxygen atoms in total. The molecular weight excluding hydrogens is 272 g/mol. The minimum Gasteiger partial charge on any atom is -0.378 e. The molecule has 1 aromatic carbocycles. The van der Waals surface area contributed by atoms with Crippen molar-refractivity contribution in [1.82, 2.24) is 4.57 Å². The number of ketones is 1. The van der Waals surface area contributed by atoms with Crippen LogP contribution < -0.4 is 5.32 Å². The molecule has 22 heavy (non-hydrogen) atoms. The highest BCUT2D eigenvalue weighted by atomic mass is 16.1. The Morgan fingerprint density at radius 2 is 1.68 bits per heavy atom. The van der Waals surface area contributed by atoms with Crippen molar-refractivity contribution in [2.75, 3.05) is 11.9 Å². The van der Waals surface area contributed by atoms with Crippen LogP contribution in [0.3, 0.4) is 0 Å². The van der Waals surface area contributed by atoms with Gasteiger partial charge in [0.2, 0.25) is 0 Å². The number of hydrogen-bond acceptors (Lipinski definition) is 2. The van der Waals surface area contributed by atoms with E-state index in [4.69, 9.17) is 0 Å². The van der Waals surface area contributed by atoms with Gasteiger partial charge in [-0.05, 0) is 59.7 Å². The average molecular weight is 298 g/mol. The molecule has 0 unspecified atom stereocenters. The third kappa shape index (κ3) is 3.41. The smallest absolute Gasteiger partial charge is 0.183 e. The summed E-state index contributed by atoms with van der Waals surface area (Å²) in [5.41, 5.74) is 5.16. The van der Waals surface area contributed by atoms with E-state index in [1.165, 1.54) is 5.56 Å². The molecule has 0 saturated carbocycles. The van der Waals surface area contributed by atoms with E-state index in [9.17, 15) is 4.79 Å². The molecule has 1 heterocycles. The molecular formula is C19H26N2O. The summed E-state index contributed by atoms with van der Waals surface area (Å²) in [6.07, 6.45) is 0. The second-order valence-electron chi connectivity index (χ2n) is 6.93. The van der Waals surface area contributed by atoms with Crippen molar-refractivity contribution in [1.29, 1.82) is 0 Å². The number of carbonyl (C=O) groups is 1. The quantitative estimate of drug-likeness (QED) is 0.845. The number of nitrogens with one attached hydrogen (secondary N) is 1. The maximum Gasteiger partial charge on any atom is 0.183 e. The maximum absolute atomic E-state index is 12.5. The van der Waals surface area contributed by atoms with Crippen LogP contribution in [0.1, 0.15) is 48.1 Å². The fraction of sp³-hybridized carbons (Fsp3) is 0.421. The molecule has 0 amide bonds. The zero-order valence-corrected chi connectivity index (χ0v) is 14.4. The summed E-state index contributed by atoms with van der Waals surface area (Å²) in [6, 6.07) is 10.1. The second-order valence-corrected chi connectivity index (χ2v) is 6.93. The number of hydrogen-bond donors (Lipinski definition) is 1. The highest BCUT2D eigenvalue weighted by molar-refractivity contribution is 6.00. The number of benzene rings is 1. The highest BCUT2D eigenvalue weighted by Gasteiger charge is 2.22. The standard InChI is InChI=1S/C19H26N2O/c1-13-7-9-16(10-8-13)20-12-18(22)17-11-14(2)21(15(17)3)19(4,5)6/h7-11,20H,12H2,1-6H3. The molecule has 0 spiro atoms. The Morgan fingerprint density at radius 3 is 2.18 bits per heavy atom. The molecule has 2 rings (SSSR count). The van der Waals surface area contributed by atoms with Crippen LogP contribution in [0.25, 0.3) is 0 Å². The Bertz CT molecular complexity index is 673. The van der Waals surface area contributed by atoms with Crippen LogP contribution in [-0.2, 0) is 5.54 Å². The van der Waals surface area contributed by atoms with E-state index in [1.54, 1.807) is 0 Å². The lowest BCUT2D eigenvalue weighted by Gasteiger charge is -2.25. The first-order valence-electron chi connectivity index (χ1n) is 7.73. The van der Waals surface area contributed by atoms with E-state index < -0.39 is 0 Å². The van der Waals surface area contributed by atoms with Crippen LogP contribution >= 0.6 is 0 Å². The summed E-state index contributed by atoms with van der Waals surface area (Å²) in [6.45, 7) is 12.9. The topological polar surface area (TPSA) is 34.0 Å². The Kier molecular flexibility index (Phi) is 4.45. The summed E-state index contributed by atoms with van der Waals surface area (Å²) >= 11 is 0. The Hall–Kier alpha value is -2.03. The molecule has 1 N–H and O–H groups in total. The molecule has 0 atom stereocenters. The van der Waals surface area contributed by atoms with Gasteiger partial charge in [-0.15, -0.1) is 0 Å². The molecule has 0 saturated heterocycles. The van der Waals surface area contributed by atoms with Crippen LogP contribution in [0.2, 0.25) is 0 Å². The van der Waals surface area contributed by atoms with Gasteiger partial charge in [0, 0.05) is 28.2 Å². The summed E-state index contributed by atoms with van der Waals surface area (Å²) in [4.78, 5) is 12.5. The number of carbonyl (C=O) groups excluding carboxylic acids is 1. The van der Waals surface area contributed by atoms with Crippen molar-refractivity contribution in [3.05, 3.63) is 52.8 Å². The first-order valence-corrected chi connectivity index (χ1v) is 7.73. The van der Waals surface area contributed by atoms with E-state index in [-0.39, 0.29) is 11.3 Å². The number of aryl methyl sites for hydroxylation is 2. The fourth-order valence-electron chi connectivity index (χ4n) is 3.03. The predicted molar refractivity (Wildman–Crippen MR) is 92.9 cm³/mol. The molecule has 0 bridgehead atoms. The van der Waals surface area contributed by atoms with Gasteiger partial charge in [0.25, 0.3) is 0 Å². The maximum atomic E-state index is 12.5. The number of nitrogens with zero attached hydrogens (tertiary/aromatic N) is 1. The number of anilines is 1. The zero-order chi connectivity index (χ0) is 16.5. The van der Waals surface area contributed by atoms with Crippen molar-refractivity contribution in [2.45, 2.75) is 47.1 Å². The third-order valence-electron chi connectivity index (χ3n) is 3.91. The molecule has 0 radical (unpaired) electrons. The normalized spacial score (nSPS) is 11.5. The van der Waals surface area contributed by atoms with Gasteiger partial charge >= 0.3 is 0 Å². The summed E-state index contributed by atoms with van der Waals surface area (Å²) in [7, 11) is 0. The van der Waals surface area contributed by atoms with Gasteiger partial charge in [0.15, 0.2) is 5.78 Å². The van der Waals surface area contributed by atoms with Gasteiger partial charge in [0.1, 0.15) is 0 Å². The lowest BCUT2D eigenvalue weighted by Crippen LogP contribution is -2.24. The van der Waals surface area contributed by atoms with Crippen LogP contribution in [0.5, 0.6) is 0 Å². The van der Waals surface area contributed by atoms with E-state index in [0.29, 0.717) is 6.54 Å². The second kappa shape index (κ2) is 5.99. The SMILES string of the molecule is Cc1ccc(NCC(=O)c2cc(C)n(C(C)(C)C)c2C)cc1. The summed E-state index contributed by atoms with van der Waals surface area (Å²) in [5, 5.41) is 3.21. The molecule has 1 aromatic heterocycles. The molecule has 0 aliphatic rings. The number of aromatic nitrogens is 1. The average Bonchev–Trinajstić information content (AvgIpc) is 2.72. The minimum absolute atomic E-state index is 0.0168. The first kappa shape index (κ1) is 16.3. The molecule has 0 fully saturated rings.